The molecule has 4 aromatic rings. The van der Waals surface area contributed by atoms with Crippen molar-refractivity contribution < 1.29 is 4.74 Å². The SMILES string of the molecule is CC(C)(C)c1cn2nc(OCC3CCN(c4ncnc5nc[nH]c45)C3)ccc2n1. The Balaban J connectivity index is 1.26. The zero-order valence-corrected chi connectivity index (χ0v) is 16.8. The van der Waals surface area contributed by atoms with E-state index in [0.29, 0.717) is 24.1 Å². The van der Waals surface area contributed by atoms with Crippen molar-refractivity contribution in [2.45, 2.75) is 32.6 Å². The van der Waals surface area contributed by atoms with Gasteiger partial charge in [0.2, 0.25) is 5.88 Å². The van der Waals surface area contributed by atoms with E-state index in [1.165, 1.54) is 0 Å². The van der Waals surface area contributed by atoms with Gasteiger partial charge < -0.3 is 14.6 Å². The lowest BCUT2D eigenvalue weighted by atomic mass is 9.93. The molecule has 1 fully saturated rings. The Morgan fingerprint density at radius 2 is 2.10 bits per heavy atom. The highest BCUT2D eigenvalue weighted by Crippen LogP contribution is 2.27. The number of ether oxygens (including phenoxy) is 1. The molecule has 4 aromatic heterocycles. The minimum Gasteiger partial charge on any atom is -0.476 e. The molecule has 1 unspecified atom stereocenters. The standard InChI is InChI=1S/C20H24N8O/c1-20(2,3)14-9-28-15(25-14)4-5-16(26-28)29-10-13-6-7-27(8-13)19-17-18(22-11-21-17)23-12-24-19/h4-5,9,11-13H,6-8,10H2,1-3H3,(H,21,22,23,24). The first kappa shape index (κ1) is 17.8. The first-order valence-corrected chi connectivity index (χ1v) is 9.86. The fraction of sp³-hybridized carbons (Fsp3) is 0.450. The normalized spacial score (nSPS) is 17.5. The van der Waals surface area contributed by atoms with Gasteiger partial charge in [-0.25, -0.2) is 24.5 Å². The van der Waals surface area contributed by atoms with Gasteiger partial charge in [-0.2, -0.15) is 0 Å². The maximum Gasteiger partial charge on any atom is 0.231 e. The van der Waals surface area contributed by atoms with Gasteiger partial charge in [0.1, 0.15) is 11.8 Å². The predicted octanol–water partition coefficient (Wildman–Crippen LogP) is 2.60. The number of hydrogen-bond acceptors (Lipinski definition) is 7. The summed E-state index contributed by atoms with van der Waals surface area (Å²) in [6, 6.07) is 3.84. The zero-order chi connectivity index (χ0) is 20.0. The Morgan fingerprint density at radius 1 is 1.21 bits per heavy atom. The van der Waals surface area contributed by atoms with Gasteiger partial charge in [-0.15, -0.1) is 5.10 Å². The second-order valence-electron chi connectivity index (χ2n) is 8.56. The lowest BCUT2D eigenvalue weighted by Gasteiger charge is -2.17. The van der Waals surface area contributed by atoms with Crippen LogP contribution >= 0.6 is 0 Å². The third kappa shape index (κ3) is 3.37. The molecule has 9 nitrogen and oxygen atoms in total. The number of anilines is 1. The summed E-state index contributed by atoms with van der Waals surface area (Å²) in [6.45, 7) is 8.87. The largest absolute Gasteiger partial charge is 0.476 e. The van der Waals surface area contributed by atoms with Crippen LogP contribution in [0.25, 0.3) is 16.8 Å². The van der Waals surface area contributed by atoms with E-state index in [4.69, 9.17) is 4.74 Å². The molecule has 0 spiro atoms. The molecular weight excluding hydrogens is 368 g/mol. The van der Waals surface area contributed by atoms with Gasteiger partial charge in [-0.1, -0.05) is 20.8 Å². The van der Waals surface area contributed by atoms with Crippen LogP contribution in [0.5, 0.6) is 5.88 Å². The topological polar surface area (TPSA) is 97.1 Å². The van der Waals surface area contributed by atoms with Crippen molar-refractivity contribution in [1.29, 1.82) is 0 Å². The highest BCUT2D eigenvalue weighted by molar-refractivity contribution is 5.82. The summed E-state index contributed by atoms with van der Waals surface area (Å²) in [5.74, 6) is 1.93. The molecule has 1 saturated heterocycles. The molecule has 5 rings (SSSR count). The van der Waals surface area contributed by atoms with Crippen molar-refractivity contribution in [3.63, 3.8) is 0 Å². The van der Waals surface area contributed by atoms with Crippen molar-refractivity contribution in [2.24, 2.45) is 5.92 Å². The smallest absolute Gasteiger partial charge is 0.231 e. The molecule has 0 saturated carbocycles. The molecule has 29 heavy (non-hydrogen) atoms. The zero-order valence-electron chi connectivity index (χ0n) is 16.8. The van der Waals surface area contributed by atoms with E-state index >= 15 is 0 Å². The minimum atomic E-state index is -0.0108. The number of aromatic amines is 1. The Kier molecular flexibility index (Phi) is 4.11. The van der Waals surface area contributed by atoms with Crippen LogP contribution in [0.1, 0.15) is 32.9 Å². The number of nitrogens with zero attached hydrogens (tertiary/aromatic N) is 7. The Labute approximate surface area is 168 Å². The number of rotatable bonds is 4. The highest BCUT2D eigenvalue weighted by atomic mass is 16.5. The summed E-state index contributed by atoms with van der Waals surface area (Å²) in [6.07, 6.45) is 6.24. The van der Waals surface area contributed by atoms with E-state index in [2.05, 4.69) is 55.7 Å². The van der Waals surface area contributed by atoms with E-state index in [-0.39, 0.29) is 5.41 Å². The van der Waals surface area contributed by atoms with Crippen LogP contribution in [0.4, 0.5) is 5.82 Å². The fourth-order valence-electron chi connectivity index (χ4n) is 3.66. The van der Waals surface area contributed by atoms with Crippen molar-refractivity contribution in [3.05, 3.63) is 36.7 Å². The van der Waals surface area contributed by atoms with Gasteiger partial charge >= 0.3 is 0 Å². The highest BCUT2D eigenvalue weighted by Gasteiger charge is 2.26. The predicted molar refractivity (Wildman–Crippen MR) is 109 cm³/mol. The summed E-state index contributed by atoms with van der Waals surface area (Å²) < 4.78 is 7.81. The van der Waals surface area contributed by atoms with Gasteiger partial charge in [0.15, 0.2) is 17.1 Å². The number of H-pyrrole nitrogens is 1. The van der Waals surface area contributed by atoms with Gasteiger partial charge in [-0.05, 0) is 12.5 Å². The van der Waals surface area contributed by atoms with Crippen LogP contribution in [0.3, 0.4) is 0 Å². The van der Waals surface area contributed by atoms with E-state index in [1.54, 1.807) is 17.2 Å². The molecule has 0 radical (unpaired) electrons. The molecule has 150 valence electrons. The molecule has 9 heteroatoms. The maximum atomic E-state index is 6.01. The third-order valence-corrected chi connectivity index (χ3v) is 5.32. The van der Waals surface area contributed by atoms with Crippen LogP contribution in [-0.4, -0.2) is 54.2 Å². The molecule has 0 aromatic carbocycles. The van der Waals surface area contributed by atoms with Crippen LogP contribution in [0, 0.1) is 5.92 Å². The lowest BCUT2D eigenvalue weighted by molar-refractivity contribution is 0.249. The molecule has 1 atom stereocenters. The van der Waals surface area contributed by atoms with E-state index in [1.807, 2.05) is 18.3 Å². The first-order chi connectivity index (χ1) is 14.0. The molecule has 0 bridgehead atoms. The van der Waals surface area contributed by atoms with E-state index in [0.717, 1.165) is 42.2 Å². The summed E-state index contributed by atoms with van der Waals surface area (Å²) in [5.41, 5.74) is 3.42. The summed E-state index contributed by atoms with van der Waals surface area (Å²) in [7, 11) is 0. The summed E-state index contributed by atoms with van der Waals surface area (Å²) in [4.78, 5) is 22.9. The molecule has 1 N–H and O–H groups in total. The lowest BCUT2D eigenvalue weighted by Crippen LogP contribution is -2.23. The monoisotopic (exact) mass is 392 g/mol. The molecule has 0 aliphatic carbocycles. The van der Waals surface area contributed by atoms with Gasteiger partial charge in [0.05, 0.1) is 24.8 Å². The summed E-state index contributed by atoms with van der Waals surface area (Å²) >= 11 is 0. The Hall–Kier alpha value is -3.23. The number of aromatic nitrogens is 7. The molecule has 0 amide bonds. The van der Waals surface area contributed by atoms with E-state index < -0.39 is 0 Å². The van der Waals surface area contributed by atoms with Crippen LogP contribution < -0.4 is 9.64 Å². The number of hydrogen-bond donors (Lipinski definition) is 1. The first-order valence-electron chi connectivity index (χ1n) is 9.86. The second-order valence-corrected chi connectivity index (χ2v) is 8.56. The van der Waals surface area contributed by atoms with E-state index in [9.17, 15) is 0 Å². The summed E-state index contributed by atoms with van der Waals surface area (Å²) in [5, 5.41) is 4.57. The molecule has 1 aliphatic rings. The third-order valence-electron chi connectivity index (χ3n) is 5.32. The quantitative estimate of drug-likeness (QED) is 0.570. The minimum absolute atomic E-state index is 0.0108. The number of nitrogens with one attached hydrogen (secondary N) is 1. The van der Waals surface area contributed by atoms with Gasteiger partial charge in [0, 0.05) is 30.5 Å². The van der Waals surface area contributed by atoms with Crippen molar-refractivity contribution in [1.82, 2.24) is 34.5 Å². The molecule has 5 heterocycles. The maximum absolute atomic E-state index is 6.01. The average Bonchev–Trinajstić information content (AvgIpc) is 3.43. The van der Waals surface area contributed by atoms with Gasteiger partial charge in [-0.3, -0.25) is 0 Å². The van der Waals surface area contributed by atoms with Crippen molar-refractivity contribution >= 4 is 22.6 Å². The van der Waals surface area contributed by atoms with Crippen molar-refractivity contribution in [3.8, 4) is 5.88 Å². The molecule has 1 aliphatic heterocycles. The fourth-order valence-corrected chi connectivity index (χ4v) is 3.66. The van der Waals surface area contributed by atoms with Gasteiger partial charge in [0.25, 0.3) is 0 Å². The van der Waals surface area contributed by atoms with Crippen LogP contribution in [0.15, 0.2) is 31.0 Å². The Bertz CT molecular complexity index is 1160. The number of imidazole rings is 2. The molecular formula is C20H24N8O. The van der Waals surface area contributed by atoms with Crippen LogP contribution in [-0.2, 0) is 5.41 Å². The number of fused-ring (bicyclic) bond motifs is 2. The average molecular weight is 392 g/mol. The Morgan fingerprint density at radius 3 is 2.97 bits per heavy atom. The van der Waals surface area contributed by atoms with Crippen molar-refractivity contribution in [2.75, 3.05) is 24.6 Å². The second kappa shape index (κ2) is 6.68. The van der Waals surface area contributed by atoms with Crippen LogP contribution in [0.2, 0.25) is 0 Å².